The molecular formula is C20H26N2OS. The van der Waals surface area contributed by atoms with Crippen LogP contribution in [-0.4, -0.2) is 30.4 Å². The molecule has 3 rings (SSSR count). The highest BCUT2D eigenvalue weighted by Crippen LogP contribution is 2.25. The summed E-state index contributed by atoms with van der Waals surface area (Å²) in [5.74, 6) is 0.0186. The van der Waals surface area contributed by atoms with E-state index in [1.165, 1.54) is 36.8 Å². The molecule has 0 aliphatic carbocycles. The highest BCUT2D eigenvalue weighted by atomic mass is 32.1. The average molecular weight is 343 g/mol. The Kier molecular flexibility index (Phi) is 6.05. The van der Waals surface area contributed by atoms with Crippen LogP contribution in [0, 0.1) is 6.92 Å². The summed E-state index contributed by atoms with van der Waals surface area (Å²) in [4.78, 5) is 15.0. The molecule has 0 spiro atoms. The molecule has 1 unspecified atom stereocenters. The van der Waals surface area contributed by atoms with Gasteiger partial charge in [0.2, 0.25) is 0 Å². The third kappa shape index (κ3) is 4.46. The molecule has 0 saturated carbocycles. The summed E-state index contributed by atoms with van der Waals surface area (Å²) in [6, 6.07) is 10.2. The van der Waals surface area contributed by atoms with E-state index in [-0.39, 0.29) is 11.9 Å². The summed E-state index contributed by atoms with van der Waals surface area (Å²) in [6.45, 7) is 4.96. The van der Waals surface area contributed by atoms with E-state index in [2.05, 4.69) is 27.0 Å². The van der Waals surface area contributed by atoms with Gasteiger partial charge in [0.1, 0.15) is 0 Å². The normalized spacial score (nSPS) is 17.2. The van der Waals surface area contributed by atoms with Crippen molar-refractivity contribution in [3.8, 4) is 0 Å². The molecule has 1 N–H and O–H groups in total. The first kappa shape index (κ1) is 17.2. The first-order valence-electron chi connectivity index (χ1n) is 8.85. The quantitative estimate of drug-likeness (QED) is 0.873. The van der Waals surface area contributed by atoms with Crippen molar-refractivity contribution < 1.29 is 4.79 Å². The molecule has 0 bridgehead atoms. The first-order chi connectivity index (χ1) is 11.7. The maximum Gasteiger partial charge on any atom is 0.251 e. The highest BCUT2D eigenvalue weighted by Gasteiger charge is 2.22. The number of hydrogen-bond donors (Lipinski definition) is 1. The Balaban J connectivity index is 1.67. The van der Waals surface area contributed by atoms with E-state index in [9.17, 15) is 4.79 Å². The molecule has 1 aliphatic rings. The molecule has 1 amide bonds. The second-order valence-electron chi connectivity index (χ2n) is 6.60. The van der Waals surface area contributed by atoms with Crippen LogP contribution < -0.4 is 5.32 Å². The van der Waals surface area contributed by atoms with Gasteiger partial charge >= 0.3 is 0 Å². The minimum absolute atomic E-state index is 0.0186. The molecule has 1 aromatic heterocycles. The molecule has 1 atom stereocenters. The lowest BCUT2D eigenvalue weighted by Gasteiger charge is -2.30. The zero-order chi connectivity index (χ0) is 16.8. The van der Waals surface area contributed by atoms with Crippen LogP contribution in [0.1, 0.15) is 53.2 Å². The number of thiophene rings is 1. The zero-order valence-corrected chi connectivity index (χ0v) is 15.1. The van der Waals surface area contributed by atoms with Crippen LogP contribution in [0.15, 0.2) is 41.1 Å². The van der Waals surface area contributed by atoms with E-state index >= 15 is 0 Å². The third-order valence-electron chi connectivity index (χ3n) is 4.78. The van der Waals surface area contributed by atoms with Crippen molar-refractivity contribution >= 4 is 17.2 Å². The van der Waals surface area contributed by atoms with Gasteiger partial charge in [-0.25, -0.2) is 0 Å². The van der Waals surface area contributed by atoms with Crippen molar-refractivity contribution in [2.45, 2.75) is 38.6 Å². The fraction of sp³-hybridized carbons (Fsp3) is 0.450. The van der Waals surface area contributed by atoms with E-state index in [0.717, 1.165) is 18.7 Å². The van der Waals surface area contributed by atoms with E-state index in [1.54, 1.807) is 11.3 Å². The Bertz CT molecular complexity index is 628. The van der Waals surface area contributed by atoms with Crippen LogP contribution in [0.2, 0.25) is 0 Å². The smallest absolute Gasteiger partial charge is 0.251 e. The lowest BCUT2D eigenvalue weighted by molar-refractivity contribution is 0.0933. The van der Waals surface area contributed by atoms with Gasteiger partial charge in [-0.15, -0.1) is 0 Å². The molecule has 1 fully saturated rings. The Morgan fingerprint density at radius 2 is 1.83 bits per heavy atom. The molecule has 1 saturated heterocycles. The SMILES string of the molecule is Cc1ccc(C(=O)NCC(c2ccsc2)N2CCCCCC2)cc1. The van der Waals surface area contributed by atoms with Gasteiger partial charge in [-0.2, -0.15) is 11.3 Å². The van der Waals surface area contributed by atoms with Gasteiger partial charge in [0, 0.05) is 12.1 Å². The molecule has 0 radical (unpaired) electrons. The maximum absolute atomic E-state index is 12.5. The van der Waals surface area contributed by atoms with Crippen molar-refractivity contribution in [2.75, 3.05) is 19.6 Å². The Hall–Kier alpha value is -1.65. The van der Waals surface area contributed by atoms with Gasteiger partial charge in [0.15, 0.2) is 0 Å². The molecule has 24 heavy (non-hydrogen) atoms. The number of aryl methyl sites for hydroxylation is 1. The number of nitrogens with one attached hydrogen (secondary N) is 1. The minimum Gasteiger partial charge on any atom is -0.350 e. The summed E-state index contributed by atoms with van der Waals surface area (Å²) >= 11 is 1.73. The average Bonchev–Trinajstić information content (AvgIpc) is 2.98. The van der Waals surface area contributed by atoms with Gasteiger partial charge in [-0.05, 0) is 67.4 Å². The third-order valence-corrected chi connectivity index (χ3v) is 5.48. The van der Waals surface area contributed by atoms with Gasteiger partial charge in [0.25, 0.3) is 5.91 Å². The number of amides is 1. The monoisotopic (exact) mass is 342 g/mol. The molecule has 128 valence electrons. The Morgan fingerprint density at radius 1 is 1.12 bits per heavy atom. The summed E-state index contributed by atoms with van der Waals surface area (Å²) in [6.07, 6.45) is 5.16. The maximum atomic E-state index is 12.5. The second kappa shape index (κ2) is 8.45. The van der Waals surface area contributed by atoms with Gasteiger partial charge in [-0.3, -0.25) is 9.69 Å². The molecule has 2 heterocycles. The van der Waals surface area contributed by atoms with Gasteiger partial charge < -0.3 is 5.32 Å². The summed E-state index contributed by atoms with van der Waals surface area (Å²) in [5.41, 5.74) is 3.24. The molecule has 3 nitrogen and oxygen atoms in total. The van der Waals surface area contributed by atoms with Crippen molar-refractivity contribution in [1.29, 1.82) is 0 Å². The van der Waals surface area contributed by atoms with Crippen molar-refractivity contribution in [1.82, 2.24) is 10.2 Å². The topological polar surface area (TPSA) is 32.3 Å². The molecule has 2 aromatic rings. The number of likely N-dealkylation sites (tertiary alicyclic amines) is 1. The van der Waals surface area contributed by atoms with E-state index < -0.39 is 0 Å². The van der Waals surface area contributed by atoms with Crippen molar-refractivity contribution in [3.05, 3.63) is 57.8 Å². The van der Waals surface area contributed by atoms with E-state index in [0.29, 0.717) is 6.54 Å². The van der Waals surface area contributed by atoms with Crippen LogP contribution in [0.4, 0.5) is 0 Å². The van der Waals surface area contributed by atoms with Crippen molar-refractivity contribution in [3.63, 3.8) is 0 Å². The van der Waals surface area contributed by atoms with Crippen LogP contribution in [0.3, 0.4) is 0 Å². The summed E-state index contributed by atoms with van der Waals surface area (Å²) in [7, 11) is 0. The Labute approximate surface area is 148 Å². The zero-order valence-electron chi connectivity index (χ0n) is 14.3. The number of rotatable bonds is 5. The summed E-state index contributed by atoms with van der Waals surface area (Å²) in [5, 5.41) is 7.49. The summed E-state index contributed by atoms with van der Waals surface area (Å²) < 4.78 is 0. The minimum atomic E-state index is 0.0186. The lowest BCUT2D eigenvalue weighted by atomic mass is 10.1. The second-order valence-corrected chi connectivity index (χ2v) is 7.38. The van der Waals surface area contributed by atoms with Gasteiger partial charge in [-0.1, -0.05) is 30.5 Å². The number of nitrogens with zero attached hydrogens (tertiary/aromatic N) is 1. The van der Waals surface area contributed by atoms with Gasteiger partial charge in [0.05, 0.1) is 6.04 Å². The standard InChI is InChI=1S/C20H26N2OS/c1-16-6-8-17(9-7-16)20(23)21-14-19(18-10-13-24-15-18)22-11-4-2-3-5-12-22/h6-10,13,15,19H,2-5,11-12,14H2,1H3,(H,21,23). The molecule has 4 heteroatoms. The predicted molar refractivity (Wildman–Crippen MR) is 101 cm³/mol. The fourth-order valence-corrected chi connectivity index (χ4v) is 4.03. The largest absolute Gasteiger partial charge is 0.350 e. The number of hydrogen-bond acceptors (Lipinski definition) is 3. The molecule has 1 aromatic carbocycles. The highest BCUT2D eigenvalue weighted by molar-refractivity contribution is 7.07. The van der Waals surface area contributed by atoms with E-state index in [1.807, 2.05) is 31.2 Å². The first-order valence-corrected chi connectivity index (χ1v) is 9.79. The van der Waals surface area contributed by atoms with Crippen LogP contribution in [0.5, 0.6) is 0 Å². The van der Waals surface area contributed by atoms with Crippen molar-refractivity contribution in [2.24, 2.45) is 0 Å². The van der Waals surface area contributed by atoms with Crippen LogP contribution >= 0.6 is 11.3 Å². The Morgan fingerprint density at radius 3 is 2.46 bits per heavy atom. The number of carbonyl (C=O) groups is 1. The predicted octanol–water partition coefficient (Wildman–Crippen LogP) is 4.40. The van der Waals surface area contributed by atoms with Crippen LogP contribution in [0.25, 0.3) is 0 Å². The van der Waals surface area contributed by atoms with E-state index in [4.69, 9.17) is 0 Å². The number of carbonyl (C=O) groups excluding carboxylic acids is 1. The molecular weight excluding hydrogens is 316 g/mol. The van der Waals surface area contributed by atoms with Crippen LogP contribution in [-0.2, 0) is 0 Å². The molecule has 1 aliphatic heterocycles. The fourth-order valence-electron chi connectivity index (χ4n) is 3.33. The number of benzene rings is 1. The lowest BCUT2D eigenvalue weighted by Crippen LogP contribution is -2.38.